The molecule has 0 bridgehead atoms. The van der Waals surface area contributed by atoms with E-state index in [0.29, 0.717) is 18.1 Å². The van der Waals surface area contributed by atoms with E-state index in [1.165, 1.54) is 12.1 Å². The highest BCUT2D eigenvalue weighted by Gasteiger charge is 2.03. The molecule has 4 nitrogen and oxygen atoms in total. The van der Waals surface area contributed by atoms with E-state index in [1.807, 2.05) is 6.07 Å². The molecule has 2 aromatic rings. The highest BCUT2D eigenvalue weighted by molar-refractivity contribution is 5.59. The molecule has 0 fully saturated rings. The summed E-state index contributed by atoms with van der Waals surface area (Å²) in [6.45, 7) is 0.499. The van der Waals surface area contributed by atoms with E-state index in [9.17, 15) is 4.39 Å². The Morgan fingerprint density at radius 3 is 2.94 bits per heavy atom. The van der Waals surface area contributed by atoms with Crippen LogP contribution in [0.3, 0.4) is 0 Å². The van der Waals surface area contributed by atoms with Crippen molar-refractivity contribution >= 4 is 11.5 Å². The average Bonchev–Trinajstić information content (AvgIpc) is 2.54. The first-order chi connectivity index (χ1) is 7.65. The number of anilines is 2. The van der Waals surface area contributed by atoms with E-state index >= 15 is 0 Å². The standard InChI is InChI=1S/C11H13FN4/c1-16-7-10(13)11(15-16)14-6-8-3-2-4-9(12)5-8/h2-5,7H,6,13H2,1H3,(H,14,15). The molecule has 0 saturated heterocycles. The molecular weight excluding hydrogens is 207 g/mol. The van der Waals surface area contributed by atoms with E-state index in [2.05, 4.69) is 10.4 Å². The van der Waals surface area contributed by atoms with Gasteiger partial charge < -0.3 is 11.1 Å². The fraction of sp³-hybridized carbons (Fsp3) is 0.182. The van der Waals surface area contributed by atoms with E-state index in [1.54, 1.807) is 24.0 Å². The molecule has 3 N–H and O–H groups in total. The van der Waals surface area contributed by atoms with Crippen molar-refractivity contribution in [2.45, 2.75) is 6.54 Å². The summed E-state index contributed by atoms with van der Waals surface area (Å²) in [6.07, 6.45) is 1.72. The van der Waals surface area contributed by atoms with Crippen molar-refractivity contribution in [2.75, 3.05) is 11.1 Å². The molecule has 0 amide bonds. The van der Waals surface area contributed by atoms with Gasteiger partial charge in [0.15, 0.2) is 5.82 Å². The van der Waals surface area contributed by atoms with Crippen LogP contribution in [0, 0.1) is 5.82 Å². The first kappa shape index (κ1) is 10.5. The van der Waals surface area contributed by atoms with E-state index < -0.39 is 0 Å². The molecule has 0 radical (unpaired) electrons. The highest BCUT2D eigenvalue weighted by Crippen LogP contribution is 2.15. The Morgan fingerprint density at radius 1 is 1.50 bits per heavy atom. The maximum Gasteiger partial charge on any atom is 0.171 e. The number of rotatable bonds is 3. The summed E-state index contributed by atoms with van der Waals surface area (Å²) in [5, 5.41) is 7.19. The number of hydrogen-bond acceptors (Lipinski definition) is 3. The normalized spacial score (nSPS) is 10.4. The fourth-order valence-electron chi connectivity index (χ4n) is 1.48. The van der Waals surface area contributed by atoms with Crippen LogP contribution in [0.5, 0.6) is 0 Å². The van der Waals surface area contributed by atoms with Crippen molar-refractivity contribution in [1.82, 2.24) is 9.78 Å². The molecule has 2 rings (SSSR count). The van der Waals surface area contributed by atoms with Crippen molar-refractivity contribution in [3.8, 4) is 0 Å². The smallest absolute Gasteiger partial charge is 0.171 e. The zero-order chi connectivity index (χ0) is 11.5. The van der Waals surface area contributed by atoms with Crippen LogP contribution in [0.25, 0.3) is 0 Å². The summed E-state index contributed by atoms with van der Waals surface area (Å²) in [5.41, 5.74) is 7.15. The summed E-state index contributed by atoms with van der Waals surface area (Å²) < 4.78 is 14.5. The van der Waals surface area contributed by atoms with E-state index in [4.69, 9.17) is 5.73 Å². The minimum absolute atomic E-state index is 0.242. The minimum Gasteiger partial charge on any atom is -0.394 e. The van der Waals surface area contributed by atoms with Gasteiger partial charge >= 0.3 is 0 Å². The van der Waals surface area contributed by atoms with Gasteiger partial charge in [0.05, 0.1) is 5.69 Å². The molecule has 1 heterocycles. The van der Waals surface area contributed by atoms with Crippen molar-refractivity contribution in [3.05, 3.63) is 41.8 Å². The molecule has 0 saturated carbocycles. The third-order valence-corrected chi connectivity index (χ3v) is 2.21. The lowest BCUT2D eigenvalue weighted by Gasteiger charge is -2.04. The Kier molecular flexibility index (Phi) is 2.76. The number of aromatic nitrogens is 2. The maximum atomic E-state index is 12.9. The van der Waals surface area contributed by atoms with Crippen molar-refractivity contribution in [1.29, 1.82) is 0 Å². The lowest BCUT2D eigenvalue weighted by atomic mass is 10.2. The van der Waals surface area contributed by atoms with E-state index in [-0.39, 0.29) is 5.82 Å². The van der Waals surface area contributed by atoms with Gasteiger partial charge in [-0.3, -0.25) is 4.68 Å². The summed E-state index contributed by atoms with van der Waals surface area (Å²) in [4.78, 5) is 0. The van der Waals surface area contributed by atoms with E-state index in [0.717, 1.165) is 5.56 Å². The third-order valence-electron chi connectivity index (χ3n) is 2.21. The molecule has 0 aliphatic heterocycles. The second-order valence-corrected chi connectivity index (χ2v) is 3.59. The SMILES string of the molecule is Cn1cc(N)c(NCc2cccc(F)c2)n1. The number of halogens is 1. The van der Waals surface area contributed by atoms with Gasteiger partial charge in [0.25, 0.3) is 0 Å². The fourth-order valence-corrected chi connectivity index (χ4v) is 1.48. The highest BCUT2D eigenvalue weighted by atomic mass is 19.1. The number of nitrogens with zero attached hydrogens (tertiary/aromatic N) is 2. The predicted octanol–water partition coefficient (Wildman–Crippen LogP) is 1.75. The molecular formula is C11H13FN4. The number of nitrogen functional groups attached to an aromatic ring is 1. The summed E-state index contributed by atoms with van der Waals surface area (Å²) in [6, 6.07) is 6.41. The van der Waals surface area contributed by atoms with Crippen LogP contribution in [0.1, 0.15) is 5.56 Å². The van der Waals surface area contributed by atoms with Gasteiger partial charge in [0.2, 0.25) is 0 Å². The number of nitrogens with one attached hydrogen (secondary N) is 1. The Balaban J connectivity index is 2.05. The van der Waals surface area contributed by atoms with Crippen LogP contribution in [0.2, 0.25) is 0 Å². The van der Waals surface area contributed by atoms with Crippen molar-refractivity contribution in [3.63, 3.8) is 0 Å². The second kappa shape index (κ2) is 4.22. The molecule has 0 spiro atoms. The maximum absolute atomic E-state index is 12.9. The molecule has 0 unspecified atom stereocenters. The lowest BCUT2D eigenvalue weighted by molar-refractivity contribution is 0.626. The second-order valence-electron chi connectivity index (χ2n) is 3.59. The quantitative estimate of drug-likeness (QED) is 0.828. The molecule has 0 atom stereocenters. The average molecular weight is 220 g/mol. The zero-order valence-electron chi connectivity index (χ0n) is 8.94. The summed E-state index contributed by atoms with van der Waals surface area (Å²) in [5.74, 6) is 0.375. The van der Waals surface area contributed by atoms with Crippen LogP contribution in [0.15, 0.2) is 30.5 Å². The third kappa shape index (κ3) is 2.31. The number of benzene rings is 1. The van der Waals surface area contributed by atoms with Crippen molar-refractivity contribution < 1.29 is 4.39 Å². The van der Waals surface area contributed by atoms with Gasteiger partial charge in [0, 0.05) is 19.8 Å². The minimum atomic E-state index is -0.242. The lowest BCUT2D eigenvalue weighted by Crippen LogP contribution is -2.02. The van der Waals surface area contributed by atoms with Gasteiger partial charge in [-0.25, -0.2) is 4.39 Å². The zero-order valence-corrected chi connectivity index (χ0v) is 8.94. The van der Waals surface area contributed by atoms with Gasteiger partial charge in [-0.2, -0.15) is 5.10 Å². The van der Waals surface area contributed by atoms with Gasteiger partial charge in [-0.1, -0.05) is 12.1 Å². The van der Waals surface area contributed by atoms with Crippen LogP contribution in [0.4, 0.5) is 15.9 Å². The number of aryl methyl sites for hydroxylation is 1. The Morgan fingerprint density at radius 2 is 2.31 bits per heavy atom. The molecule has 1 aromatic heterocycles. The first-order valence-electron chi connectivity index (χ1n) is 4.92. The first-order valence-corrected chi connectivity index (χ1v) is 4.92. The van der Waals surface area contributed by atoms with Crippen LogP contribution in [-0.2, 0) is 13.6 Å². The molecule has 5 heteroatoms. The number of hydrogen-bond donors (Lipinski definition) is 2. The molecule has 84 valence electrons. The monoisotopic (exact) mass is 220 g/mol. The van der Waals surface area contributed by atoms with Crippen molar-refractivity contribution in [2.24, 2.45) is 7.05 Å². The largest absolute Gasteiger partial charge is 0.394 e. The summed E-state index contributed by atoms with van der Waals surface area (Å²) >= 11 is 0. The topological polar surface area (TPSA) is 55.9 Å². The molecule has 0 aliphatic rings. The van der Waals surface area contributed by atoms with Gasteiger partial charge in [0.1, 0.15) is 5.82 Å². The molecule has 16 heavy (non-hydrogen) atoms. The van der Waals surface area contributed by atoms with Gasteiger partial charge in [-0.05, 0) is 17.7 Å². The molecule has 0 aliphatic carbocycles. The van der Waals surface area contributed by atoms with Crippen LogP contribution in [-0.4, -0.2) is 9.78 Å². The van der Waals surface area contributed by atoms with Gasteiger partial charge in [-0.15, -0.1) is 0 Å². The van der Waals surface area contributed by atoms with Crippen LogP contribution < -0.4 is 11.1 Å². The summed E-state index contributed by atoms with van der Waals surface area (Å²) in [7, 11) is 1.80. The predicted molar refractivity (Wildman–Crippen MR) is 61.3 cm³/mol. The number of nitrogens with two attached hydrogens (primary N) is 1. The molecule has 1 aromatic carbocycles. The van der Waals surface area contributed by atoms with Crippen LogP contribution >= 0.6 is 0 Å². The Bertz CT molecular complexity index is 492. The Hall–Kier alpha value is -2.04. The Labute approximate surface area is 92.9 Å².